The molecular weight excluding hydrogens is 388 g/mol. The minimum atomic E-state index is -1.10. The zero-order valence-corrected chi connectivity index (χ0v) is 17.4. The van der Waals surface area contributed by atoms with Crippen LogP contribution in [0.25, 0.3) is 10.4 Å². The van der Waals surface area contributed by atoms with E-state index in [1.54, 1.807) is 25.3 Å². The highest BCUT2D eigenvalue weighted by Crippen LogP contribution is 2.36. The van der Waals surface area contributed by atoms with Crippen molar-refractivity contribution in [2.45, 2.75) is 20.8 Å². The summed E-state index contributed by atoms with van der Waals surface area (Å²) in [7, 11) is 1.58. The van der Waals surface area contributed by atoms with Crippen LogP contribution in [0.15, 0.2) is 42.5 Å². The third-order valence-corrected chi connectivity index (χ3v) is 5.58. The largest absolute Gasteiger partial charge is 0.497 e. The van der Waals surface area contributed by atoms with E-state index >= 15 is 0 Å². The molecule has 0 aliphatic carbocycles. The number of nitrogens with one attached hydrogen (secondary N) is 2. The molecule has 1 heterocycles. The number of hydrogen-bond acceptors (Lipinski definition) is 4. The quantitative estimate of drug-likeness (QED) is 0.504. The zero-order valence-electron chi connectivity index (χ0n) is 16.6. The smallest absolute Gasteiger partial charge is 0.338 e. The van der Waals surface area contributed by atoms with Crippen molar-refractivity contribution in [1.29, 1.82) is 0 Å². The number of carbonyl (C=O) groups is 2. The van der Waals surface area contributed by atoms with Gasteiger partial charge in [0.2, 0.25) is 0 Å². The number of aromatic carboxylic acids is 1. The highest BCUT2D eigenvalue weighted by Gasteiger charge is 2.19. The van der Waals surface area contributed by atoms with E-state index in [9.17, 15) is 14.7 Å². The average Bonchev–Trinajstić information content (AvgIpc) is 3.08. The second-order valence-electron chi connectivity index (χ2n) is 6.74. The molecule has 150 valence electrons. The summed E-state index contributed by atoms with van der Waals surface area (Å²) in [4.78, 5) is 25.0. The number of ether oxygens (including phenoxy) is 1. The van der Waals surface area contributed by atoms with Crippen LogP contribution in [0.5, 0.6) is 5.75 Å². The third-order valence-electron chi connectivity index (χ3n) is 4.48. The molecule has 0 bridgehead atoms. The van der Waals surface area contributed by atoms with Crippen molar-refractivity contribution in [2.75, 3.05) is 17.7 Å². The number of thiophene rings is 1. The molecule has 7 heteroatoms. The number of carboxylic acids is 1. The number of rotatable bonds is 5. The Morgan fingerprint density at radius 1 is 0.966 bits per heavy atom. The monoisotopic (exact) mass is 410 g/mol. The molecule has 0 unspecified atom stereocenters. The molecule has 2 amide bonds. The van der Waals surface area contributed by atoms with Gasteiger partial charge in [-0.3, -0.25) is 5.32 Å². The van der Waals surface area contributed by atoms with Crippen molar-refractivity contribution in [3.8, 4) is 16.2 Å². The summed E-state index contributed by atoms with van der Waals surface area (Å²) < 4.78 is 5.15. The topological polar surface area (TPSA) is 87.7 Å². The second kappa shape index (κ2) is 8.36. The van der Waals surface area contributed by atoms with Crippen molar-refractivity contribution in [2.24, 2.45) is 0 Å². The summed E-state index contributed by atoms with van der Waals surface area (Å²) >= 11 is 1.21. The van der Waals surface area contributed by atoms with Gasteiger partial charge in [-0.1, -0.05) is 17.7 Å². The molecule has 0 saturated heterocycles. The van der Waals surface area contributed by atoms with Crippen LogP contribution in [0.2, 0.25) is 0 Å². The van der Waals surface area contributed by atoms with E-state index in [4.69, 9.17) is 4.74 Å². The maximum absolute atomic E-state index is 12.6. The van der Waals surface area contributed by atoms with Crippen LogP contribution in [0.3, 0.4) is 0 Å². The molecule has 0 aliphatic heterocycles. The standard InChI is InChI=1S/C22H22N2O4S/c1-12-9-13(2)19(14(3)10-12)23-22(27)24-20-17(21(25)26)11-18(29-20)15-5-7-16(28-4)8-6-15/h5-11H,1-4H3,(H,25,26)(H2,23,24,27). The molecule has 0 saturated carbocycles. The first-order valence-electron chi connectivity index (χ1n) is 8.96. The van der Waals surface area contributed by atoms with Crippen LogP contribution in [0.4, 0.5) is 15.5 Å². The lowest BCUT2D eigenvalue weighted by Crippen LogP contribution is -2.21. The first kappa shape index (κ1) is 20.4. The van der Waals surface area contributed by atoms with E-state index in [0.717, 1.165) is 32.8 Å². The Kier molecular flexibility index (Phi) is 5.89. The molecule has 3 aromatic rings. The Morgan fingerprint density at radius 3 is 2.14 bits per heavy atom. The Bertz CT molecular complexity index is 1050. The number of anilines is 2. The van der Waals surface area contributed by atoms with Crippen molar-refractivity contribution in [3.05, 3.63) is 64.7 Å². The lowest BCUT2D eigenvalue weighted by molar-refractivity contribution is 0.0698. The maximum Gasteiger partial charge on any atom is 0.338 e. The Morgan fingerprint density at radius 2 is 1.59 bits per heavy atom. The van der Waals surface area contributed by atoms with Gasteiger partial charge in [0, 0.05) is 10.6 Å². The first-order valence-corrected chi connectivity index (χ1v) is 9.77. The molecule has 0 spiro atoms. The Balaban J connectivity index is 1.85. The fourth-order valence-corrected chi connectivity index (χ4v) is 4.22. The zero-order chi connectivity index (χ0) is 21.1. The van der Waals surface area contributed by atoms with Gasteiger partial charge in [-0.05, 0) is 67.8 Å². The van der Waals surface area contributed by atoms with Gasteiger partial charge in [0.1, 0.15) is 10.8 Å². The van der Waals surface area contributed by atoms with E-state index in [1.165, 1.54) is 11.3 Å². The summed E-state index contributed by atoms with van der Waals surface area (Å²) in [6, 6.07) is 12.4. The minimum absolute atomic E-state index is 0.0494. The number of carboxylic acid groups (broad SMARTS) is 1. The molecular formula is C22H22N2O4S. The van der Waals surface area contributed by atoms with Crippen LogP contribution in [0.1, 0.15) is 27.0 Å². The summed E-state index contributed by atoms with van der Waals surface area (Å²) in [5, 5.41) is 15.3. The molecule has 0 fully saturated rings. The molecule has 0 radical (unpaired) electrons. The summed E-state index contributed by atoms with van der Waals surface area (Å²) in [5.74, 6) is -0.385. The third kappa shape index (κ3) is 4.57. The van der Waals surface area contributed by atoms with Crippen molar-refractivity contribution in [1.82, 2.24) is 0 Å². The normalized spacial score (nSPS) is 10.5. The highest BCUT2D eigenvalue weighted by atomic mass is 32.1. The van der Waals surface area contributed by atoms with Crippen LogP contribution in [0, 0.1) is 20.8 Å². The minimum Gasteiger partial charge on any atom is -0.497 e. The van der Waals surface area contributed by atoms with Gasteiger partial charge >= 0.3 is 12.0 Å². The van der Waals surface area contributed by atoms with E-state index in [2.05, 4.69) is 10.6 Å². The average molecular weight is 410 g/mol. The van der Waals surface area contributed by atoms with E-state index < -0.39 is 12.0 Å². The number of amides is 2. The van der Waals surface area contributed by atoms with Gasteiger partial charge in [-0.15, -0.1) is 11.3 Å². The summed E-state index contributed by atoms with van der Waals surface area (Å²) in [6.45, 7) is 5.84. The highest BCUT2D eigenvalue weighted by molar-refractivity contribution is 7.20. The molecule has 29 heavy (non-hydrogen) atoms. The van der Waals surface area contributed by atoms with Gasteiger partial charge in [0.05, 0.1) is 12.7 Å². The van der Waals surface area contributed by atoms with E-state index in [1.807, 2.05) is 45.0 Å². The SMILES string of the molecule is COc1ccc(-c2cc(C(=O)O)c(NC(=O)Nc3c(C)cc(C)cc3C)s2)cc1. The lowest BCUT2D eigenvalue weighted by Gasteiger charge is -2.13. The Labute approximate surface area is 173 Å². The summed E-state index contributed by atoms with van der Waals surface area (Å²) in [5.41, 5.74) is 4.62. The molecule has 1 aromatic heterocycles. The fraction of sp³-hybridized carbons (Fsp3) is 0.182. The maximum atomic E-state index is 12.6. The van der Waals surface area contributed by atoms with Crippen LogP contribution < -0.4 is 15.4 Å². The molecule has 2 aromatic carbocycles. The first-order chi connectivity index (χ1) is 13.8. The van der Waals surface area contributed by atoms with E-state index in [-0.39, 0.29) is 10.6 Å². The number of benzene rings is 2. The lowest BCUT2D eigenvalue weighted by atomic mass is 10.1. The molecule has 6 nitrogen and oxygen atoms in total. The molecule has 3 N–H and O–H groups in total. The van der Waals surface area contributed by atoms with Gasteiger partial charge < -0.3 is 15.2 Å². The van der Waals surface area contributed by atoms with Gasteiger partial charge in [0.25, 0.3) is 0 Å². The molecule has 3 rings (SSSR count). The number of urea groups is 1. The second-order valence-corrected chi connectivity index (χ2v) is 7.79. The summed E-state index contributed by atoms with van der Waals surface area (Å²) in [6.07, 6.45) is 0. The van der Waals surface area contributed by atoms with Crippen LogP contribution in [-0.4, -0.2) is 24.2 Å². The molecule has 0 atom stereocenters. The molecule has 0 aliphatic rings. The van der Waals surface area contributed by atoms with Crippen LogP contribution in [-0.2, 0) is 0 Å². The number of hydrogen-bond donors (Lipinski definition) is 3. The van der Waals surface area contributed by atoms with Gasteiger partial charge in [-0.25, -0.2) is 9.59 Å². The van der Waals surface area contributed by atoms with E-state index in [0.29, 0.717) is 5.75 Å². The van der Waals surface area contributed by atoms with Crippen molar-refractivity contribution in [3.63, 3.8) is 0 Å². The number of aryl methyl sites for hydroxylation is 3. The predicted molar refractivity (Wildman–Crippen MR) is 117 cm³/mol. The van der Waals surface area contributed by atoms with Crippen LogP contribution >= 0.6 is 11.3 Å². The Hall–Kier alpha value is -3.32. The predicted octanol–water partition coefficient (Wildman–Crippen LogP) is 5.69. The van der Waals surface area contributed by atoms with Crippen molar-refractivity contribution >= 4 is 34.0 Å². The van der Waals surface area contributed by atoms with Crippen molar-refractivity contribution < 1.29 is 19.4 Å². The van der Waals surface area contributed by atoms with Gasteiger partial charge in [0.15, 0.2) is 0 Å². The number of carbonyl (C=O) groups excluding carboxylic acids is 1. The fourth-order valence-electron chi connectivity index (χ4n) is 3.17. The van der Waals surface area contributed by atoms with Gasteiger partial charge in [-0.2, -0.15) is 0 Å². The number of methoxy groups -OCH3 is 1.